The highest BCUT2D eigenvalue weighted by Crippen LogP contribution is 2.29. The Hall–Kier alpha value is -3.86. The highest BCUT2D eigenvalue weighted by atomic mass is 16.6. The van der Waals surface area contributed by atoms with E-state index < -0.39 is 29.0 Å². The number of pyridine rings is 1. The number of carbonyl (C=O) groups excluding carboxylic acids is 2. The van der Waals surface area contributed by atoms with Gasteiger partial charge in [-0.3, -0.25) is 18.9 Å². The molecule has 0 atom stereocenters. The summed E-state index contributed by atoms with van der Waals surface area (Å²) < 4.78 is 6.28. The summed E-state index contributed by atoms with van der Waals surface area (Å²) in [5.41, 5.74) is 0.797. The van der Waals surface area contributed by atoms with Crippen LogP contribution in [-0.4, -0.2) is 72.4 Å². The lowest BCUT2D eigenvalue weighted by molar-refractivity contribution is 0.0949. The first-order valence-electron chi connectivity index (χ1n) is 13.2. The van der Waals surface area contributed by atoms with Gasteiger partial charge >= 0.3 is 11.7 Å². The van der Waals surface area contributed by atoms with Gasteiger partial charge in [-0.1, -0.05) is 45.9 Å². The van der Waals surface area contributed by atoms with Crippen LogP contribution in [0.3, 0.4) is 0 Å². The van der Waals surface area contributed by atoms with Gasteiger partial charge in [0, 0.05) is 38.9 Å². The minimum absolute atomic E-state index is 0.0883. The number of fused-ring (bicyclic) bond motifs is 1. The summed E-state index contributed by atoms with van der Waals surface area (Å²) in [6.45, 7) is 15.4. The molecule has 38 heavy (non-hydrogen) atoms. The van der Waals surface area contributed by atoms with E-state index in [1.165, 1.54) is 9.30 Å². The maximum absolute atomic E-state index is 13.1. The molecule has 2 amide bonds. The van der Waals surface area contributed by atoms with Crippen molar-refractivity contribution in [1.29, 1.82) is 0 Å². The van der Waals surface area contributed by atoms with E-state index in [1.54, 1.807) is 12.3 Å². The van der Waals surface area contributed by atoms with E-state index in [2.05, 4.69) is 20.5 Å². The maximum Gasteiger partial charge on any atom is 0.414 e. The lowest BCUT2D eigenvalue weighted by Gasteiger charge is -2.30. The van der Waals surface area contributed by atoms with Crippen molar-refractivity contribution in [3.63, 3.8) is 0 Å². The van der Waals surface area contributed by atoms with Crippen LogP contribution < -0.4 is 26.0 Å². The number of aromatic hydroxyl groups is 1. The van der Waals surface area contributed by atoms with Gasteiger partial charge in [-0.05, 0) is 25.5 Å². The second-order valence-corrected chi connectivity index (χ2v) is 7.94. The molecule has 4 rings (SSSR count). The molecule has 2 aromatic heterocycles. The largest absolute Gasteiger partial charge is 0.501 e. The Morgan fingerprint density at radius 1 is 1.16 bits per heavy atom. The molecular weight excluding hydrogens is 488 g/mol. The number of allylic oxidation sites excluding steroid dienone is 2. The number of nitrogens with one attached hydrogen (secondary N) is 2. The number of anilines is 2. The Balaban J connectivity index is 0.00000121. The van der Waals surface area contributed by atoms with E-state index in [9.17, 15) is 19.5 Å². The number of rotatable bonds is 6. The molecule has 2 aromatic rings. The van der Waals surface area contributed by atoms with Crippen LogP contribution in [-0.2, 0) is 4.74 Å². The molecule has 208 valence electrons. The number of ether oxygens (including phenoxy) is 1. The van der Waals surface area contributed by atoms with E-state index in [0.717, 1.165) is 18.7 Å². The average Bonchev–Trinajstić information content (AvgIpc) is 3.40. The van der Waals surface area contributed by atoms with Crippen molar-refractivity contribution < 1.29 is 19.4 Å². The van der Waals surface area contributed by atoms with Gasteiger partial charge in [0.1, 0.15) is 6.61 Å². The van der Waals surface area contributed by atoms with E-state index in [4.69, 9.17) is 4.74 Å². The third-order valence-corrected chi connectivity index (χ3v) is 5.82. The molecule has 0 aliphatic carbocycles. The molecule has 0 spiro atoms. The summed E-state index contributed by atoms with van der Waals surface area (Å²) in [5, 5.41) is 16.5. The van der Waals surface area contributed by atoms with Gasteiger partial charge in [-0.15, -0.1) is 0 Å². The van der Waals surface area contributed by atoms with Gasteiger partial charge in [0.2, 0.25) is 5.75 Å². The minimum Gasteiger partial charge on any atom is -0.501 e. The van der Waals surface area contributed by atoms with Crippen LogP contribution in [0.15, 0.2) is 40.9 Å². The molecule has 0 aromatic carbocycles. The van der Waals surface area contributed by atoms with Crippen LogP contribution in [0.2, 0.25) is 0 Å². The van der Waals surface area contributed by atoms with Gasteiger partial charge < -0.3 is 25.4 Å². The maximum atomic E-state index is 13.1. The third kappa shape index (κ3) is 6.71. The van der Waals surface area contributed by atoms with Crippen LogP contribution in [0.4, 0.5) is 16.2 Å². The fourth-order valence-corrected chi connectivity index (χ4v) is 4.00. The summed E-state index contributed by atoms with van der Waals surface area (Å²) in [6.07, 6.45) is 6.55. The van der Waals surface area contributed by atoms with Crippen molar-refractivity contribution in [3.05, 3.63) is 52.1 Å². The van der Waals surface area contributed by atoms with Crippen molar-refractivity contribution in [2.24, 2.45) is 0 Å². The van der Waals surface area contributed by atoms with Gasteiger partial charge in [-0.25, -0.2) is 9.78 Å². The number of piperazine rings is 1. The highest BCUT2D eigenvalue weighted by Gasteiger charge is 2.29. The molecule has 2 aliphatic rings. The Labute approximate surface area is 223 Å². The lowest BCUT2D eigenvalue weighted by Crippen LogP contribution is -2.43. The normalized spacial score (nSPS) is 15.5. The van der Waals surface area contributed by atoms with E-state index in [1.807, 2.05) is 59.8 Å². The van der Waals surface area contributed by atoms with Crippen molar-refractivity contribution in [2.75, 3.05) is 55.7 Å². The van der Waals surface area contributed by atoms with Crippen molar-refractivity contribution in [3.8, 4) is 5.75 Å². The fourth-order valence-electron chi connectivity index (χ4n) is 4.00. The quantitative estimate of drug-likeness (QED) is 0.488. The number of cyclic esters (lactones) is 1. The van der Waals surface area contributed by atoms with Crippen LogP contribution in [0.1, 0.15) is 52.0 Å². The van der Waals surface area contributed by atoms with Crippen LogP contribution in [0.5, 0.6) is 5.75 Å². The first-order valence-corrected chi connectivity index (χ1v) is 13.2. The average molecular weight is 529 g/mol. The van der Waals surface area contributed by atoms with E-state index in [-0.39, 0.29) is 25.3 Å². The number of carbonyl (C=O) groups is 2. The zero-order valence-corrected chi connectivity index (χ0v) is 23.2. The summed E-state index contributed by atoms with van der Waals surface area (Å²) in [4.78, 5) is 46.1. The van der Waals surface area contributed by atoms with Crippen molar-refractivity contribution >= 4 is 29.0 Å². The van der Waals surface area contributed by atoms with Crippen molar-refractivity contribution in [2.45, 2.75) is 41.5 Å². The first kappa shape index (κ1) is 30.4. The molecule has 2 fully saturated rings. The lowest BCUT2D eigenvalue weighted by atomic mass is 10.2. The number of hydrogen-bond donors (Lipinski definition) is 3. The third-order valence-electron chi connectivity index (χ3n) is 5.82. The number of nitrogens with zero attached hydrogens (tertiary/aromatic N) is 4. The summed E-state index contributed by atoms with van der Waals surface area (Å²) in [5.74, 6) is -1.45. The predicted molar refractivity (Wildman–Crippen MR) is 151 cm³/mol. The first-order chi connectivity index (χ1) is 18.4. The summed E-state index contributed by atoms with van der Waals surface area (Å²) in [6, 6.07) is 1.77. The molecule has 0 radical (unpaired) electrons. The Kier molecular flexibility index (Phi) is 11.8. The monoisotopic (exact) mass is 528 g/mol. The number of hydrogen-bond acceptors (Lipinski definition) is 8. The molecule has 0 saturated carbocycles. The molecule has 11 nitrogen and oxygen atoms in total. The standard InChI is InChI=1S/C23H28N6O5.2C2H6/c1-3-5-15(4-2)13-25-21(31)18-19(30)22(32)29-14-16(27-8-6-24-7-9-27)12-17(20(29)26-18)28-10-11-34-23(28)33;2*1-2/h3-5,12,14,24,30H,6-11,13H2,1-2H3,(H,25,31);2*1-2H3/b5-3-,15-4+;;. The van der Waals surface area contributed by atoms with E-state index in [0.29, 0.717) is 24.5 Å². The molecule has 0 unspecified atom stereocenters. The van der Waals surface area contributed by atoms with Gasteiger partial charge in [0.05, 0.1) is 17.9 Å². The Morgan fingerprint density at radius 2 is 1.84 bits per heavy atom. The Morgan fingerprint density at radius 3 is 2.42 bits per heavy atom. The van der Waals surface area contributed by atoms with Gasteiger partial charge in [0.25, 0.3) is 5.91 Å². The predicted octanol–water partition coefficient (Wildman–Crippen LogP) is 3.07. The van der Waals surface area contributed by atoms with Crippen LogP contribution in [0.25, 0.3) is 5.65 Å². The Bertz CT molecular complexity index is 1230. The second-order valence-electron chi connectivity index (χ2n) is 7.94. The fraction of sp³-hybridized carbons (Fsp3) is 0.481. The van der Waals surface area contributed by atoms with E-state index >= 15 is 0 Å². The summed E-state index contributed by atoms with van der Waals surface area (Å²) in [7, 11) is 0. The topological polar surface area (TPSA) is 129 Å². The number of aromatic nitrogens is 2. The van der Waals surface area contributed by atoms with Gasteiger partial charge in [-0.2, -0.15) is 0 Å². The zero-order valence-electron chi connectivity index (χ0n) is 23.2. The van der Waals surface area contributed by atoms with Gasteiger partial charge in [0.15, 0.2) is 11.3 Å². The SMILES string of the molecule is C/C=C\C(=C/C)CNC(=O)c1nc2c(N3CCOC3=O)cc(N3CCNCC3)cn2c(=O)c1O.CC.CC. The molecule has 0 bridgehead atoms. The van der Waals surface area contributed by atoms with Crippen LogP contribution in [0, 0.1) is 0 Å². The highest BCUT2D eigenvalue weighted by molar-refractivity contribution is 5.98. The smallest absolute Gasteiger partial charge is 0.414 e. The zero-order chi connectivity index (χ0) is 28.2. The molecular formula is C27H40N6O5. The second kappa shape index (κ2) is 14.8. The molecule has 11 heteroatoms. The molecule has 2 aliphatic heterocycles. The molecule has 3 N–H and O–H groups in total. The van der Waals surface area contributed by atoms with Crippen molar-refractivity contribution in [1.82, 2.24) is 20.0 Å². The molecule has 2 saturated heterocycles. The minimum atomic E-state index is -0.791. The summed E-state index contributed by atoms with van der Waals surface area (Å²) >= 11 is 0. The van der Waals surface area contributed by atoms with Crippen LogP contribution >= 0.6 is 0 Å². The molecule has 4 heterocycles. The number of amides is 2.